The monoisotopic (exact) mass is 214 g/mol. The van der Waals surface area contributed by atoms with Crippen molar-refractivity contribution in [1.29, 1.82) is 0 Å². The average Bonchev–Trinajstić information content (AvgIpc) is 2.59. The van der Waals surface area contributed by atoms with E-state index >= 15 is 0 Å². The van der Waals surface area contributed by atoms with Crippen molar-refractivity contribution in [2.75, 3.05) is 5.32 Å². The number of nitrogens with one attached hydrogen (secondary N) is 2. The van der Waals surface area contributed by atoms with E-state index in [9.17, 15) is 4.79 Å². The van der Waals surface area contributed by atoms with Crippen molar-refractivity contribution in [2.24, 2.45) is 0 Å². The SMILES string of the molecule is Cc1cc(NC(=O)c2ccccc2)c(C)[nH]1. The number of aryl methyl sites for hydroxylation is 2. The van der Waals surface area contributed by atoms with Crippen LogP contribution in [0.3, 0.4) is 0 Å². The fourth-order valence-electron chi connectivity index (χ4n) is 1.64. The van der Waals surface area contributed by atoms with Gasteiger partial charge in [-0.2, -0.15) is 0 Å². The lowest BCUT2D eigenvalue weighted by Gasteiger charge is -2.03. The Bertz CT molecular complexity index is 500. The molecule has 0 aliphatic carbocycles. The maximum absolute atomic E-state index is 11.9. The summed E-state index contributed by atoms with van der Waals surface area (Å²) in [7, 11) is 0. The number of amides is 1. The van der Waals surface area contributed by atoms with E-state index in [1.807, 2.05) is 38.1 Å². The zero-order chi connectivity index (χ0) is 11.5. The van der Waals surface area contributed by atoms with Crippen LogP contribution in [-0.2, 0) is 0 Å². The van der Waals surface area contributed by atoms with E-state index in [0.29, 0.717) is 5.56 Å². The molecule has 0 saturated carbocycles. The highest BCUT2D eigenvalue weighted by atomic mass is 16.1. The molecular formula is C13H14N2O. The second kappa shape index (κ2) is 4.23. The highest BCUT2D eigenvalue weighted by Crippen LogP contribution is 2.16. The van der Waals surface area contributed by atoms with Gasteiger partial charge in [0.15, 0.2) is 0 Å². The van der Waals surface area contributed by atoms with Crippen molar-refractivity contribution in [3.05, 3.63) is 53.3 Å². The second-order valence-corrected chi connectivity index (χ2v) is 3.81. The largest absolute Gasteiger partial charge is 0.361 e. The average molecular weight is 214 g/mol. The molecule has 3 heteroatoms. The number of carbonyl (C=O) groups is 1. The molecular weight excluding hydrogens is 200 g/mol. The zero-order valence-electron chi connectivity index (χ0n) is 9.37. The fourth-order valence-corrected chi connectivity index (χ4v) is 1.64. The summed E-state index contributed by atoms with van der Waals surface area (Å²) >= 11 is 0. The van der Waals surface area contributed by atoms with Gasteiger partial charge in [0.1, 0.15) is 0 Å². The lowest BCUT2D eigenvalue weighted by atomic mass is 10.2. The topological polar surface area (TPSA) is 44.9 Å². The van der Waals surface area contributed by atoms with E-state index in [4.69, 9.17) is 0 Å². The number of H-pyrrole nitrogens is 1. The minimum Gasteiger partial charge on any atom is -0.361 e. The number of benzene rings is 1. The van der Waals surface area contributed by atoms with Gasteiger partial charge >= 0.3 is 0 Å². The van der Waals surface area contributed by atoms with Crippen LogP contribution < -0.4 is 5.32 Å². The van der Waals surface area contributed by atoms with E-state index in [2.05, 4.69) is 10.3 Å². The molecule has 3 nitrogen and oxygen atoms in total. The van der Waals surface area contributed by atoms with Crippen LogP contribution in [0.2, 0.25) is 0 Å². The van der Waals surface area contributed by atoms with Gasteiger partial charge in [0.05, 0.1) is 5.69 Å². The van der Waals surface area contributed by atoms with E-state index in [0.717, 1.165) is 17.1 Å². The number of hydrogen-bond acceptors (Lipinski definition) is 1. The molecule has 1 aromatic carbocycles. The lowest BCUT2D eigenvalue weighted by molar-refractivity contribution is 0.102. The van der Waals surface area contributed by atoms with Gasteiger partial charge in [-0.05, 0) is 32.0 Å². The summed E-state index contributed by atoms with van der Waals surface area (Å²) < 4.78 is 0. The number of aromatic amines is 1. The first kappa shape index (κ1) is 10.5. The third-order valence-corrected chi connectivity index (χ3v) is 2.43. The quantitative estimate of drug-likeness (QED) is 0.793. The molecule has 1 heterocycles. The Balaban J connectivity index is 2.17. The number of aromatic nitrogens is 1. The third kappa shape index (κ3) is 2.14. The molecule has 0 bridgehead atoms. The molecule has 1 aromatic heterocycles. The number of hydrogen-bond donors (Lipinski definition) is 2. The van der Waals surface area contributed by atoms with Gasteiger partial charge in [-0.3, -0.25) is 4.79 Å². The van der Waals surface area contributed by atoms with Crippen LogP contribution in [-0.4, -0.2) is 10.9 Å². The van der Waals surface area contributed by atoms with E-state index in [-0.39, 0.29) is 5.91 Å². The van der Waals surface area contributed by atoms with Crippen molar-refractivity contribution >= 4 is 11.6 Å². The van der Waals surface area contributed by atoms with Crippen molar-refractivity contribution in [2.45, 2.75) is 13.8 Å². The Morgan fingerprint density at radius 3 is 2.44 bits per heavy atom. The summed E-state index contributed by atoms with van der Waals surface area (Å²) in [5.41, 5.74) is 3.52. The van der Waals surface area contributed by atoms with Crippen molar-refractivity contribution in [3.8, 4) is 0 Å². The Labute approximate surface area is 94.5 Å². The number of carbonyl (C=O) groups excluding carboxylic acids is 1. The van der Waals surface area contributed by atoms with Gasteiger partial charge in [-0.15, -0.1) is 0 Å². The normalized spacial score (nSPS) is 10.1. The van der Waals surface area contributed by atoms with Crippen molar-refractivity contribution in [1.82, 2.24) is 4.98 Å². The minimum atomic E-state index is -0.0808. The molecule has 16 heavy (non-hydrogen) atoms. The fraction of sp³-hybridized carbons (Fsp3) is 0.154. The smallest absolute Gasteiger partial charge is 0.255 e. The van der Waals surface area contributed by atoms with Crippen LogP contribution in [0.1, 0.15) is 21.7 Å². The van der Waals surface area contributed by atoms with Crippen molar-refractivity contribution in [3.63, 3.8) is 0 Å². The Morgan fingerprint density at radius 2 is 1.88 bits per heavy atom. The van der Waals surface area contributed by atoms with Crippen molar-refractivity contribution < 1.29 is 4.79 Å². The maximum atomic E-state index is 11.9. The number of anilines is 1. The Hall–Kier alpha value is -2.03. The number of rotatable bonds is 2. The third-order valence-electron chi connectivity index (χ3n) is 2.43. The molecule has 0 aliphatic rings. The van der Waals surface area contributed by atoms with Crippen LogP contribution >= 0.6 is 0 Å². The second-order valence-electron chi connectivity index (χ2n) is 3.81. The van der Waals surface area contributed by atoms with E-state index in [1.54, 1.807) is 12.1 Å². The summed E-state index contributed by atoms with van der Waals surface area (Å²) in [4.78, 5) is 15.0. The highest BCUT2D eigenvalue weighted by molar-refractivity contribution is 6.04. The molecule has 0 radical (unpaired) electrons. The van der Waals surface area contributed by atoms with Crippen LogP contribution in [0.5, 0.6) is 0 Å². The molecule has 2 aromatic rings. The maximum Gasteiger partial charge on any atom is 0.255 e. The van der Waals surface area contributed by atoms with Gasteiger partial charge < -0.3 is 10.3 Å². The Kier molecular flexibility index (Phi) is 2.77. The predicted octanol–water partition coefficient (Wildman–Crippen LogP) is 2.88. The molecule has 0 saturated heterocycles. The highest BCUT2D eigenvalue weighted by Gasteiger charge is 2.08. The van der Waals surface area contributed by atoms with Gasteiger partial charge in [0.25, 0.3) is 5.91 Å². The summed E-state index contributed by atoms with van der Waals surface area (Å²) in [5.74, 6) is -0.0808. The summed E-state index contributed by atoms with van der Waals surface area (Å²) in [5, 5.41) is 2.88. The molecule has 0 atom stereocenters. The summed E-state index contributed by atoms with van der Waals surface area (Å²) in [6.07, 6.45) is 0. The van der Waals surface area contributed by atoms with Crippen LogP contribution in [0.4, 0.5) is 5.69 Å². The molecule has 0 aliphatic heterocycles. The van der Waals surface area contributed by atoms with Gasteiger partial charge in [0, 0.05) is 17.0 Å². The van der Waals surface area contributed by atoms with Gasteiger partial charge in [-0.1, -0.05) is 18.2 Å². The van der Waals surface area contributed by atoms with E-state index < -0.39 is 0 Å². The predicted molar refractivity (Wildman–Crippen MR) is 64.7 cm³/mol. The first-order valence-corrected chi connectivity index (χ1v) is 5.19. The van der Waals surface area contributed by atoms with Crippen LogP contribution in [0, 0.1) is 13.8 Å². The molecule has 0 unspecified atom stereocenters. The van der Waals surface area contributed by atoms with E-state index in [1.165, 1.54) is 0 Å². The minimum absolute atomic E-state index is 0.0808. The zero-order valence-corrected chi connectivity index (χ0v) is 9.37. The van der Waals surface area contributed by atoms with Gasteiger partial charge in [-0.25, -0.2) is 0 Å². The molecule has 2 N–H and O–H groups in total. The molecule has 0 spiro atoms. The summed E-state index contributed by atoms with van der Waals surface area (Å²) in [6, 6.07) is 11.1. The van der Waals surface area contributed by atoms with Gasteiger partial charge in [0.2, 0.25) is 0 Å². The lowest BCUT2D eigenvalue weighted by Crippen LogP contribution is -2.11. The standard InChI is InChI=1S/C13H14N2O/c1-9-8-12(10(2)14-9)15-13(16)11-6-4-3-5-7-11/h3-8,14H,1-2H3,(H,15,16). The van der Waals surface area contributed by atoms with Crippen LogP contribution in [0.15, 0.2) is 36.4 Å². The van der Waals surface area contributed by atoms with Crippen LogP contribution in [0.25, 0.3) is 0 Å². The Morgan fingerprint density at radius 1 is 1.19 bits per heavy atom. The molecule has 0 fully saturated rings. The summed E-state index contributed by atoms with van der Waals surface area (Å²) in [6.45, 7) is 3.90. The first-order valence-electron chi connectivity index (χ1n) is 5.19. The molecule has 1 amide bonds. The molecule has 82 valence electrons. The molecule has 2 rings (SSSR count). The first-order chi connectivity index (χ1) is 7.66.